The molecule has 0 unspecified atom stereocenters. The number of Topliss-reactive ketones (excluding diaryl/α,β-unsaturated/α-hetero) is 1. The largest absolute Gasteiger partial charge is 0.453 e. The van der Waals surface area contributed by atoms with Gasteiger partial charge in [-0.05, 0) is 24.6 Å². The summed E-state index contributed by atoms with van der Waals surface area (Å²) in [5.41, 5.74) is 0.465. The normalized spacial score (nSPS) is 11.4. The van der Waals surface area contributed by atoms with Gasteiger partial charge in [0, 0.05) is 10.3 Å². The van der Waals surface area contributed by atoms with E-state index in [1.54, 1.807) is 6.07 Å². The fourth-order valence-electron chi connectivity index (χ4n) is 2.65. The minimum Gasteiger partial charge on any atom is -0.453 e. The molecular formula is C18H14N2O3S. The summed E-state index contributed by atoms with van der Waals surface area (Å²) in [6, 6.07) is 11.0. The van der Waals surface area contributed by atoms with E-state index in [1.165, 1.54) is 22.2 Å². The molecule has 6 heteroatoms. The number of hydrogen-bond acceptors (Lipinski definition) is 5. The second-order valence-corrected chi connectivity index (χ2v) is 6.65. The number of rotatable bonds is 4. The van der Waals surface area contributed by atoms with Gasteiger partial charge in [0.05, 0.1) is 18.3 Å². The first-order chi connectivity index (χ1) is 11.7. The van der Waals surface area contributed by atoms with Crippen LogP contribution in [0.1, 0.15) is 22.4 Å². The topological polar surface area (TPSA) is 65.1 Å². The summed E-state index contributed by atoms with van der Waals surface area (Å²) < 4.78 is 6.90. The van der Waals surface area contributed by atoms with Crippen molar-refractivity contribution in [3.05, 3.63) is 63.7 Å². The Labute approximate surface area is 141 Å². The Kier molecular flexibility index (Phi) is 3.54. The summed E-state index contributed by atoms with van der Waals surface area (Å²) in [7, 11) is 0. The van der Waals surface area contributed by atoms with Gasteiger partial charge >= 0.3 is 0 Å². The summed E-state index contributed by atoms with van der Waals surface area (Å²) in [5, 5.41) is 1.43. The molecule has 0 amide bonds. The SMILES string of the molecule is CCc1cc2c(=O)n(CC(=O)c3cc4ccccc4o3)cnc2s1. The number of carbonyl (C=O) groups is 1. The van der Waals surface area contributed by atoms with E-state index < -0.39 is 0 Å². The van der Waals surface area contributed by atoms with Gasteiger partial charge in [-0.1, -0.05) is 25.1 Å². The molecule has 0 saturated heterocycles. The Morgan fingerprint density at radius 3 is 2.92 bits per heavy atom. The highest BCUT2D eigenvalue weighted by Gasteiger charge is 2.15. The van der Waals surface area contributed by atoms with Gasteiger partial charge in [-0.3, -0.25) is 14.2 Å². The highest BCUT2D eigenvalue weighted by atomic mass is 32.1. The van der Waals surface area contributed by atoms with Crippen molar-refractivity contribution < 1.29 is 9.21 Å². The van der Waals surface area contributed by atoms with Crippen molar-refractivity contribution in [1.82, 2.24) is 9.55 Å². The molecule has 0 atom stereocenters. The molecule has 0 radical (unpaired) electrons. The zero-order valence-corrected chi connectivity index (χ0v) is 13.8. The molecule has 0 aliphatic rings. The molecule has 3 heterocycles. The predicted octanol–water partition coefficient (Wildman–Crippen LogP) is 3.65. The Balaban J connectivity index is 1.69. The molecule has 24 heavy (non-hydrogen) atoms. The molecule has 0 N–H and O–H groups in total. The van der Waals surface area contributed by atoms with Crippen LogP contribution in [-0.4, -0.2) is 15.3 Å². The van der Waals surface area contributed by atoms with Crippen molar-refractivity contribution in [3.63, 3.8) is 0 Å². The van der Waals surface area contributed by atoms with Gasteiger partial charge in [0.15, 0.2) is 5.76 Å². The number of aryl methyl sites for hydroxylation is 1. The Morgan fingerprint density at radius 2 is 2.12 bits per heavy atom. The zero-order valence-electron chi connectivity index (χ0n) is 13.0. The van der Waals surface area contributed by atoms with Crippen molar-refractivity contribution in [1.29, 1.82) is 0 Å². The standard InChI is InChI=1S/C18H14N2O3S/c1-2-12-8-13-17(24-12)19-10-20(18(13)22)9-14(21)16-7-11-5-3-4-6-15(11)23-16/h3-8,10H,2,9H2,1H3. The second kappa shape index (κ2) is 5.72. The lowest BCUT2D eigenvalue weighted by Crippen LogP contribution is -2.24. The van der Waals surface area contributed by atoms with E-state index in [2.05, 4.69) is 4.98 Å². The van der Waals surface area contributed by atoms with E-state index in [1.807, 2.05) is 37.3 Å². The fraction of sp³-hybridized carbons (Fsp3) is 0.167. The summed E-state index contributed by atoms with van der Waals surface area (Å²) in [5.74, 6) is 0.00292. The lowest BCUT2D eigenvalue weighted by atomic mass is 10.2. The lowest BCUT2D eigenvalue weighted by Gasteiger charge is -2.02. The number of thiophene rings is 1. The van der Waals surface area contributed by atoms with E-state index in [0.717, 1.165) is 16.7 Å². The summed E-state index contributed by atoms with van der Waals surface area (Å²) >= 11 is 1.51. The number of furan rings is 1. The van der Waals surface area contributed by atoms with Crippen LogP contribution in [0.3, 0.4) is 0 Å². The first-order valence-electron chi connectivity index (χ1n) is 7.65. The molecule has 4 aromatic rings. The zero-order chi connectivity index (χ0) is 16.7. The molecule has 0 aliphatic carbocycles. The Morgan fingerprint density at radius 1 is 1.29 bits per heavy atom. The van der Waals surface area contributed by atoms with E-state index in [4.69, 9.17) is 4.42 Å². The monoisotopic (exact) mass is 338 g/mol. The van der Waals surface area contributed by atoms with Crippen LogP contribution in [0, 0.1) is 0 Å². The molecule has 4 rings (SSSR count). The smallest absolute Gasteiger partial charge is 0.262 e. The van der Waals surface area contributed by atoms with Crippen molar-refractivity contribution in [3.8, 4) is 0 Å². The fourth-order valence-corrected chi connectivity index (χ4v) is 3.57. The van der Waals surface area contributed by atoms with Crippen LogP contribution >= 0.6 is 11.3 Å². The molecule has 5 nitrogen and oxygen atoms in total. The number of nitrogens with zero attached hydrogens (tertiary/aromatic N) is 2. The van der Waals surface area contributed by atoms with Gasteiger partial charge in [-0.2, -0.15) is 0 Å². The molecule has 3 aromatic heterocycles. The molecule has 0 fully saturated rings. The van der Waals surface area contributed by atoms with E-state index in [9.17, 15) is 9.59 Å². The van der Waals surface area contributed by atoms with E-state index >= 15 is 0 Å². The third-order valence-corrected chi connectivity index (χ3v) is 5.12. The third-order valence-electron chi connectivity index (χ3n) is 3.93. The highest BCUT2D eigenvalue weighted by Crippen LogP contribution is 2.22. The maximum absolute atomic E-state index is 12.5. The van der Waals surface area contributed by atoms with Gasteiger partial charge in [-0.25, -0.2) is 4.98 Å². The number of aromatic nitrogens is 2. The van der Waals surface area contributed by atoms with Crippen molar-refractivity contribution >= 4 is 38.3 Å². The molecule has 120 valence electrons. The van der Waals surface area contributed by atoms with Crippen LogP contribution < -0.4 is 5.56 Å². The van der Waals surface area contributed by atoms with Crippen molar-refractivity contribution in [2.45, 2.75) is 19.9 Å². The number of carbonyl (C=O) groups excluding carboxylic acids is 1. The first kappa shape index (κ1) is 14.8. The highest BCUT2D eigenvalue weighted by molar-refractivity contribution is 7.18. The first-order valence-corrected chi connectivity index (χ1v) is 8.47. The molecule has 0 aliphatic heterocycles. The number of ketones is 1. The van der Waals surface area contributed by atoms with Crippen LogP contribution in [0.4, 0.5) is 0 Å². The van der Waals surface area contributed by atoms with Crippen molar-refractivity contribution in [2.24, 2.45) is 0 Å². The number of hydrogen-bond donors (Lipinski definition) is 0. The maximum Gasteiger partial charge on any atom is 0.262 e. The molecule has 0 spiro atoms. The summed E-state index contributed by atoms with van der Waals surface area (Å²) in [6.07, 6.45) is 2.29. The molecular weight excluding hydrogens is 324 g/mol. The average Bonchev–Trinajstić information content (AvgIpc) is 3.21. The minimum atomic E-state index is -0.250. The van der Waals surface area contributed by atoms with Crippen LogP contribution in [0.2, 0.25) is 0 Å². The molecule has 0 saturated carbocycles. The van der Waals surface area contributed by atoms with Gasteiger partial charge < -0.3 is 4.42 Å². The lowest BCUT2D eigenvalue weighted by molar-refractivity contribution is 0.0945. The van der Waals surface area contributed by atoms with Crippen LogP contribution in [0.15, 0.2) is 51.9 Å². The van der Waals surface area contributed by atoms with Gasteiger partial charge in [0.1, 0.15) is 10.4 Å². The number of fused-ring (bicyclic) bond motifs is 2. The van der Waals surface area contributed by atoms with E-state index in [-0.39, 0.29) is 23.6 Å². The second-order valence-electron chi connectivity index (χ2n) is 5.53. The Bertz CT molecular complexity index is 1090. The third kappa shape index (κ3) is 2.45. The summed E-state index contributed by atoms with van der Waals surface area (Å²) in [6.45, 7) is 1.95. The molecule has 0 bridgehead atoms. The van der Waals surface area contributed by atoms with Crippen LogP contribution in [0.25, 0.3) is 21.2 Å². The van der Waals surface area contributed by atoms with Gasteiger partial charge in [0.2, 0.25) is 5.78 Å². The van der Waals surface area contributed by atoms with Crippen LogP contribution in [-0.2, 0) is 13.0 Å². The Hall–Kier alpha value is -2.73. The van der Waals surface area contributed by atoms with Crippen molar-refractivity contribution in [2.75, 3.05) is 0 Å². The van der Waals surface area contributed by atoms with E-state index in [0.29, 0.717) is 15.8 Å². The predicted molar refractivity (Wildman–Crippen MR) is 93.8 cm³/mol. The minimum absolute atomic E-state index is 0.0844. The summed E-state index contributed by atoms with van der Waals surface area (Å²) in [4.78, 5) is 31.1. The number of benzene rings is 1. The average molecular weight is 338 g/mol. The van der Waals surface area contributed by atoms with Crippen LogP contribution in [0.5, 0.6) is 0 Å². The maximum atomic E-state index is 12.5. The van der Waals surface area contributed by atoms with Gasteiger partial charge in [0.25, 0.3) is 5.56 Å². The number of para-hydroxylation sites is 1. The van der Waals surface area contributed by atoms with Gasteiger partial charge in [-0.15, -0.1) is 11.3 Å². The quantitative estimate of drug-likeness (QED) is 0.533. The molecule has 1 aromatic carbocycles.